The fraction of sp³-hybridized carbons (Fsp3) is 0.700. The van der Waals surface area contributed by atoms with Gasteiger partial charge in [0.1, 0.15) is 5.84 Å². The maximum atomic E-state index is 12.6. The molecule has 0 amide bonds. The third-order valence-electron chi connectivity index (χ3n) is 3.87. The molecule has 0 unspecified atom stereocenters. The molecule has 0 radical (unpaired) electrons. The van der Waals surface area contributed by atoms with Crippen molar-refractivity contribution in [1.82, 2.24) is 19.3 Å². The summed E-state index contributed by atoms with van der Waals surface area (Å²) in [4.78, 5) is 0. The minimum Gasteiger partial charge on any atom is -0.409 e. The van der Waals surface area contributed by atoms with E-state index < -0.39 is 15.4 Å². The van der Waals surface area contributed by atoms with Crippen molar-refractivity contribution < 1.29 is 13.6 Å². The highest BCUT2D eigenvalue weighted by Crippen LogP contribution is 2.34. The third kappa shape index (κ3) is 2.77. The van der Waals surface area contributed by atoms with Crippen molar-refractivity contribution in [3.63, 3.8) is 0 Å². The summed E-state index contributed by atoms with van der Waals surface area (Å²) in [6.45, 7) is 2.42. The van der Waals surface area contributed by atoms with Crippen LogP contribution in [0.5, 0.6) is 0 Å². The maximum Gasteiger partial charge on any atom is 0.263 e. The highest BCUT2D eigenvalue weighted by molar-refractivity contribution is 9.10. The summed E-state index contributed by atoms with van der Waals surface area (Å²) in [6.07, 6.45) is 0.954. The number of halogens is 1. The Morgan fingerprint density at radius 1 is 1.48 bits per heavy atom. The number of oxime groups is 1. The van der Waals surface area contributed by atoms with E-state index in [2.05, 4.69) is 31.4 Å². The van der Waals surface area contributed by atoms with E-state index in [1.165, 1.54) is 16.0 Å². The highest BCUT2D eigenvalue weighted by atomic mass is 79.9. The van der Waals surface area contributed by atoms with Crippen LogP contribution in [-0.4, -0.2) is 51.8 Å². The lowest BCUT2D eigenvalue weighted by atomic mass is 9.80. The normalized spacial score (nSPS) is 20.6. The van der Waals surface area contributed by atoms with Crippen LogP contribution in [-0.2, 0) is 17.1 Å². The van der Waals surface area contributed by atoms with Crippen LogP contribution < -0.4 is 5.73 Å². The summed E-state index contributed by atoms with van der Waals surface area (Å²) in [5.74, 6) is 0.128. The minimum atomic E-state index is -3.68. The zero-order chi connectivity index (χ0) is 15.8. The molecule has 1 aromatic heterocycles. The van der Waals surface area contributed by atoms with E-state index in [9.17, 15) is 8.42 Å². The molecule has 11 heteroatoms. The van der Waals surface area contributed by atoms with Gasteiger partial charge < -0.3 is 10.9 Å². The van der Waals surface area contributed by atoms with E-state index in [0.717, 1.165) is 0 Å². The predicted molar refractivity (Wildman–Crippen MR) is 78.2 cm³/mol. The van der Waals surface area contributed by atoms with Crippen LogP contribution >= 0.6 is 15.9 Å². The Bertz CT molecular complexity index is 643. The molecule has 9 nitrogen and oxygen atoms in total. The lowest BCUT2D eigenvalue weighted by Gasteiger charge is -2.37. The number of hydrogen-bond donors (Lipinski definition) is 2. The Balaban J connectivity index is 2.23. The highest BCUT2D eigenvalue weighted by Gasteiger charge is 2.40. The molecular formula is C10H17BrN6O3S. The number of rotatable bonds is 3. The van der Waals surface area contributed by atoms with Gasteiger partial charge in [-0.1, -0.05) is 17.3 Å². The van der Waals surface area contributed by atoms with Gasteiger partial charge >= 0.3 is 0 Å². The van der Waals surface area contributed by atoms with Crippen molar-refractivity contribution in [2.24, 2.45) is 23.4 Å². The van der Waals surface area contributed by atoms with Gasteiger partial charge in [0.25, 0.3) is 10.0 Å². The number of hydrogen-bond acceptors (Lipinski definition) is 6. The molecule has 2 rings (SSSR count). The quantitative estimate of drug-likeness (QED) is 0.331. The van der Waals surface area contributed by atoms with Crippen molar-refractivity contribution in [3.8, 4) is 0 Å². The molecule has 0 aromatic carbocycles. The average molecular weight is 381 g/mol. The monoisotopic (exact) mass is 380 g/mol. The van der Waals surface area contributed by atoms with Crippen LogP contribution in [0.2, 0.25) is 0 Å². The van der Waals surface area contributed by atoms with Crippen molar-refractivity contribution in [3.05, 3.63) is 4.60 Å². The van der Waals surface area contributed by atoms with E-state index in [1.807, 2.05) is 6.92 Å². The number of aromatic nitrogens is 3. The SMILES string of the molecule is Cn1nnc(Br)c1S(=O)(=O)N1CCC(C)(C(N)=NO)CC1. The lowest BCUT2D eigenvalue weighted by molar-refractivity contribution is 0.229. The summed E-state index contributed by atoms with van der Waals surface area (Å²) >= 11 is 3.10. The van der Waals surface area contributed by atoms with E-state index in [0.29, 0.717) is 12.8 Å². The zero-order valence-electron chi connectivity index (χ0n) is 11.7. The second-order valence-corrected chi connectivity index (χ2v) is 7.86. The molecule has 1 aliphatic heterocycles. The van der Waals surface area contributed by atoms with Gasteiger partial charge in [-0.05, 0) is 28.8 Å². The molecule has 21 heavy (non-hydrogen) atoms. The van der Waals surface area contributed by atoms with Crippen LogP contribution in [0.3, 0.4) is 0 Å². The number of nitrogens with zero attached hydrogens (tertiary/aromatic N) is 5. The molecule has 1 saturated heterocycles. The van der Waals surface area contributed by atoms with Gasteiger partial charge in [-0.2, -0.15) is 4.31 Å². The summed E-state index contributed by atoms with van der Waals surface area (Å²) in [7, 11) is -2.16. The number of aryl methyl sites for hydroxylation is 1. The van der Waals surface area contributed by atoms with Gasteiger partial charge in [-0.25, -0.2) is 13.1 Å². The summed E-state index contributed by atoms with van der Waals surface area (Å²) in [5, 5.41) is 19.3. The van der Waals surface area contributed by atoms with Crippen molar-refractivity contribution in [2.45, 2.75) is 24.8 Å². The number of piperidine rings is 1. The van der Waals surface area contributed by atoms with Gasteiger partial charge in [-0.15, -0.1) is 5.10 Å². The van der Waals surface area contributed by atoms with Crippen LogP contribution in [0.15, 0.2) is 14.8 Å². The summed E-state index contributed by atoms with van der Waals surface area (Å²) in [6, 6.07) is 0. The summed E-state index contributed by atoms with van der Waals surface area (Å²) in [5.41, 5.74) is 5.18. The Morgan fingerprint density at radius 3 is 2.48 bits per heavy atom. The standard InChI is InChI=1S/C10H17BrN6O3S/c1-10(9(12)14-18)3-5-17(6-4-10)21(19,20)8-7(11)13-15-16(8)2/h18H,3-6H2,1-2H3,(H2,12,14). The van der Waals surface area contributed by atoms with Crippen LogP contribution in [0.25, 0.3) is 0 Å². The molecule has 1 aromatic rings. The molecule has 1 fully saturated rings. The van der Waals surface area contributed by atoms with Gasteiger partial charge in [0.2, 0.25) is 5.03 Å². The predicted octanol–water partition coefficient (Wildman–Crippen LogP) is 0.115. The molecule has 3 N–H and O–H groups in total. The van der Waals surface area contributed by atoms with Gasteiger partial charge in [0.15, 0.2) is 4.60 Å². The fourth-order valence-electron chi connectivity index (χ4n) is 2.32. The molecular weight excluding hydrogens is 364 g/mol. The first kappa shape index (κ1) is 16.2. The van der Waals surface area contributed by atoms with Gasteiger partial charge in [0, 0.05) is 25.6 Å². The molecule has 0 saturated carbocycles. The average Bonchev–Trinajstić information content (AvgIpc) is 2.78. The third-order valence-corrected chi connectivity index (χ3v) is 6.66. The number of nitrogens with two attached hydrogens (primary N) is 1. The molecule has 0 bridgehead atoms. The largest absolute Gasteiger partial charge is 0.409 e. The van der Waals surface area contributed by atoms with E-state index in [4.69, 9.17) is 10.9 Å². The Hall–Kier alpha value is -1.20. The summed E-state index contributed by atoms with van der Waals surface area (Å²) < 4.78 is 28.0. The van der Waals surface area contributed by atoms with Gasteiger partial charge in [0.05, 0.1) is 0 Å². The van der Waals surface area contributed by atoms with E-state index in [-0.39, 0.29) is 28.6 Å². The number of sulfonamides is 1. The Labute approximate surface area is 131 Å². The Kier molecular flexibility index (Phi) is 4.26. The van der Waals surface area contributed by atoms with E-state index in [1.54, 1.807) is 0 Å². The fourth-order valence-corrected chi connectivity index (χ4v) is 4.79. The first-order chi connectivity index (χ1) is 9.72. The molecule has 0 atom stereocenters. The van der Waals surface area contributed by atoms with Crippen molar-refractivity contribution >= 4 is 31.8 Å². The molecule has 0 spiro atoms. The lowest BCUT2D eigenvalue weighted by Crippen LogP contribution is -2.47. The maximum absolute atomic E-state index is 12.6. The second kappa shape index (κ2) is 5.54. The molecule has 1 aliphatic rings. The van der Waals surface area contributed by atoms with E-state index >= 15 is 0 Å². The topological polar surface area (TPSA) is 127 Å². The van der Waals surface area contributed by atoms with Crippen molar-refractivity contribution in [2.75, 3.05) is 13.1 Å². The van der Waals surface area contributed by atoms with Gasteiger partial charge in [-0.3, -0.25) is 0 Å². The Morgan fingerprint density at radius 2 is 2.05 bits per heavy atom. The first-order valence-corrected chi connectivity index (χ1v) is 8.49. The number of amidine groups is 1. The minimum absolute atomic E-state index is 0.0231. The zero-order valence-corrected chi connectivity index (χ0v) is 14.1. The van der Waals surface area contributed by atoms with Crippen LogP contribution in [0.1, 0.15) is 19.8 Å². The first-order valence-electron chi connectivity index (χ1n) is 6.26. The van der Waals surface area contributed by atoms with Crippen molar-refractivity contribution in [1.29, 1.82) is 0 Å². The molecule has 118 valence electrons. The molecule has 0 aliphatic carbocycles. The smallest absolute Gasteiger partial charge is 0.263 e. The molecule has 2 heterocycles. The van der Waals surface area contributed by atoms with Crippen LogP contribution in [0, 0.1) is 5.41 Å². The van der Waals surface area contributed by atoms with Crippen LogP contribution in [0.4, 0.5) is 0 Å². The second-order valence-electron chi connectivity index (χ2n) is 5.26.